The minimum absolute atomic E-state index is 0.0657. The van der Waals surface area contributed by atoms with Crippen LogP contribution in [0.2, 0.25) is 0 Å². The van der Waals surface area contributed by atoms with Gasteiger partial charge in [-0.15, -0.1) is 0 Å². The van der Waals surface area contributed by atoms with Gasteiger partial charge in [0.15, 0.2) is 0 Å². The monoisotopic (exact) mass is 335 g/mol. The quantitative estimate of drug-likeness (QED) is 0.451. The lowest BCUT2D eigenvalue weighted by Gasteiger charge is -2.11. The Labute approximate surface area is 152 Å². The Morgan fingerprint density at radius 3 is 1.77 bits per heavy atom. The summed E-state index contributed by atoms with van der Waals surface area (Å²) >= 11 is 0. The number of pyridine rings is 1. The molecule has 3 aromatic carbocycles. The van der Waals surface area contributed by atoms with E-state index in [9.17, 15) is 4.79 Å². The first-order valence-electron chi connectivity index (χ1n) is 8.53. The summed E-state index contributed by atoms with van der Waals surface area (Å²) in [4.78, 5) is 17.6. The summed E-state index contributed by atoms with van der Waals surface area (Å²) in [5.41, 5.74) is 5.02. The molecule has 0 aliphatic rings. The second-order valence-corrected chi connectivity index (χ2v) is 6.05. The molecule has 1 aromatic heterocycles. The number of carbonyl (C=O) groups excluding carboxylic acids is 1. The van der Waals surface area contributed by atoms with E-state index < -0.39 is 0 Å². The van der Waals surface area contributed by atoms with Gasteiger partial charge in [-0.05, 0) is 17.2 Å². The van der Waals surface area contributed by atoms with Crippen LogP contribution in [0.25, 0.3) is 22.3 Å². The van der Waals surface area contributed by atoms with Gasteiger partial charge in [0.05, 0.1) is 0 Å². The minimum Gasteiger partial charge on any atom is -0.287 e. The molecule has 1 heterocycles. The maximum atomic E-state index is 13.0. The van der Waals surface area contributed by atoms with Crippen molar-refractivity contribution in [1.82, 2.24) is 4.98 Å². The van der Waals surface area contributed by atoms with Crippen molar-refractivity contribution in [1.29, 1.82) is 0 Å². The van der Waals surface area contributed by atoms with Crippen LogP contribution in [-0.2, 0) is 0 Å². The molecule has 0 unspecified atom stereocenters. The zero-order valence-corrected chi connectivity index (χ0v) is 14.2. The largest absolute Gasteiger partial charge is 0.287 e. The Bertz CT molecular complexity index is 1030. The van der Waals surface area contributed by atoms with Gasteiger partial charge in [0.2, 0.25) is 5.78 Å². The number of carbonyl (C=O) groups is 1. The fourth-order valence-electron chi connectivity index (χ4n) is 3.00. The predicted octanol–water partition coefficient (Wildman–Crippen LogP) is 5.65. The van der Waals surface area contributed by atoms with E-state index >= 15 is 0 Å². The molecule has 4 rings (SSSR count). The summed E-state index contributed by atoms with van der Waals surface area (Å²) in [5.74, 6) is -0.0657. The molecule has 0 aliphatic carbocycles. The van der Waals surface area contributed by atoms with Crippen LogP contribution in [0.4, 0.5) is 0 Å². The average molecular weight is 335 g/mol. The maximum Gasteiger partial charge on any atom is 0.211 e. The normalized spacial score (nSPS) is 10.5. The highest BCUT2D eigenvalue weighted by Gasteiger charge is 2.17. The number of nitrogens with zero attached hydrogens (tertiary/aromatic N) is 1. The Morgan fingerprint density at radius 1 is 0.615 bits per heavy atom. The Kier molecular flexibility index (Phi) is 4.40. The van der Waals surface area contributed by atoms with Gasteiger partial charge in [0.25, 0.3) is 0 Å². The highest BCUT2D eigenvalue weighted by Crippen LogP contribution is 2.29. The predicted molar refractivity (Wildman–Crippen MR) is 105 cm³/mol. The SMILES string of the molecule is O=C(c1ccccc1)c1ncc(-c2ccccc2)cc1-c1ccccc1. The molecule has 2 nitrogen and oxygen atoms in total. The number of ketones is 1. The zero-order valence-electron chi connectivity index (χ0n) is 14.2. The van der Waals surface area contributed by atoms with E-state index in [0.29, 0.717) is 11.3 Å². The van der Waals surface area contributed by atoms with Crippen LogP contribution in [0.15, 0.2) is 103 Å². The van der Waals surface area contributed by atoms with Crippen molar-refractivity contribution in [3.63, 3.8) is 0 Å². The van der Waals surface area contributed by atoms with E-state index in [1.165, 1.54) is 0 Å². The van der Waals surface area contributed by atoms with Crippen molar-refractivity contribution in [2.75, 3.05) is 0 Å². The molecule has 0 atom stereocenters. The maximum absolute atomic E-state index is 13.0. The highest BCUT2D eigenvalue weighted by molar-refractivity contribution is 6.11. The number of rotatable bonds is 4. The molecule has 0 fully saturated rings. The van der Waals surface area contributed by atoms with Gasteiger partial charge in [-0.25, -0.2) is 0 Å². The van der Waals surface area contributed by atoms with Gasteiger partial charge in [-0.3, -0.25) is 9.78 Å². The number of hydrogen-bond acceptors (Lipinski definition) is 2. The number of benzene rings is 3. The van der Waals surface area contributed by atoms with Crippen molar-refractivity contribution in [3.05, 3.63) is 115 Å². The summed E-state index contributed by atoms with van der Waals surface area (Å²) in [6.07, 6.45) is 1.78. The van der Waals surface area contributed by atoms with E-state index in [1.54, 1.807) is 6.20 Å². The van der Waals surface area contributed by atoms with Gasteiger partial charge in [-0.2, -0.15) is 0 Å². The molecule has 4 aromatic rings. The van der Waals surface area contributed by atoms with Crippen molar-refractivity contribution in [2.45, 2.75) is 0 Å². The molecule has 124 valence electrons. The Morgan fingerprint density at radius 2 is 1.15 bits per heavy atom. The van der Waals surface area contributed by atoms with Crippen molar-refractivity contribution < 1.29 is 4.79 Å². The van der Waals surface area contributed by atoms with Crippen molar-refractivity contribution in [2.24, 2.45) is 0 Å². The molecule has 0 N–H and O–H groups in total. The summed E-state index contributed by atoms with van der Waals surface area (Å²) in [5, 5.41) is 0. The molecule has 0 bridgehead atoms. The van der Waals surface area contributed by atoms with Crippen LogP contribution >= 0.6 is 0 Å². The molecule has 0 spiro atoms. The first-order chi connectivity index (χ1) is 12.8. The van der Waals surface area contributed by atoms with Crippen LogP contribution in [0.3, 0.4) is 0 Å². The second kappa shape index (κ2) is 7.16. The van der Waals surface area contributed by atoms with E-state index in [1.807, 2.05) is 97.1 Å². The third kappa shape index (κ3) is 3.17. The van der Waals surface area contributed by atoms with Crippen LogP contribution in [0.5, 0.6) is 0 Å². The molecule has 0 radical (unpaired) electrons. The third-order valence-corrected chi connectivity index (χ3v) is 4.33. The van der Waals surface area contributed by atoms with E-state index in [4.69, 9.17) is 0 Å². The molecule has 2 heteroatoms. The highest BCUT2D eigenvalue weighted by atomic mass is 16.1. The summed E-state index contributed by atoms with van der Waals surface area (Å²) in [6, 6.07) is 31.3. The molecular formula is C24H17NO. The second-order valence-electron chi connectivity index (χ2n) is 6.05. The first-order valence-corrected chi connectivity index (χ1v) is 8.53. The molecule has 0 saturated carbocycles. The van der Waals surface area contributed by atoms with Crippen LogP contribution in [0, 0.1) is 0 Å². The van der Waals surface area contributed by atoms with E-state index in [2.05, 4.69) is 4.98 Å². The molecule has 0 aliphatic heterocycles. The topological polar surface area (TPSA) is 30.0 Å². The van der Waals surface area contributed by atoms with E-state index in [0.717, 1.165) is 22.3 Å². The van der Waals surface area contributed by atoms with Gasteiger partial charge in [-0.1, -0.05) is 91.0 Å². The average Bonchev–Trinajstić information content (AvgIpc) is 2.75. The van der Waals surface area contributed by atoms with Crippen molar-refractivity contribution >= 4 is 5.78 Å². The molecular weight excluding hydrogens is 318 g/mol. The third-order valence-electron chi connectivity index (χ3n) is 4.33. The molecule has 26 heavy (non-hydrogen) atoms. The fourth-order valence-corrected chi connectivity index (χ4v) is 3.00. The minimum atomic E-state index is -0.0657. The standard InChI is InChI=1S/C24H17NO/c26-24(20-14-8-3-9-15-20)23-22(19-12-6-2-7-13-19)16-21(17-25-23)18-10-4-1-5-11-18/h1-17H. The Hall–Kier alpha value is -3.52. The lowest BCUT2D eigenvalue weighted by molar-refractivity contribution is 0.103. The van der Waals surface area contributed by atoms with Crippen molar-refractivity contribution in [3.8, 4) is 22.3 Å². The fraction of sp³-hybridized carbons (Fsp3) is 0. The molecule has 0 saturated heterocycles. The summed E-state index contributed by atoms with van der Waals surface area (Å²) in [6.45, 7) is 0. The Balaban J connectivity index is 1.88. The van der Waals surface area contributed by atoms with E-state index in [-0.39, 0.29) is 5.78 Å². The van der Waals surface area contributed by atoms with Gasteiger partial charge in [0, 0.05) is 22.9 Å². The van der Waals surface area contributed by atoms with Gasteiger partial charge >= 0.3 is 0 Å². The zero-order chi connectivity index (χ0) is 17.8. The lowest BCUT2D eigenvalue weighted by atomic mass is 9.95. The first kappa shape index (κ1) is 16.0. The smallest absolute Gasteiger partial charge is 0.211 e. The lowest BCUT2D eigenvalue weighted by Crippen LogP contribution is -2.06. The number of aromatic nitrogens is 1. The van der Waals surface area contributed by atoms with Crippen LogP contribution in [0.1, 0.15) is 16.1 Å². The summed E-state index contributed by atoms with van der Waals surface area (Å²) in [7, 11) is 0. The molecule has 0 amide bonds. The number of hydrogen-bond donors (Lipinski definition) is 0. The van der Waals surface area contributed by atoms with Gasteiger partial charge in [0.1, 0.15) is 5.69 Å². The van der Waals surface area contributed by atoms with Gasteiger partial charge < -0.3 is 0 Å². The summed E-state index contributed by atoms with van der Waals surface area (Å²) < 4.78 is 0. The van der Waals surface area contributed by atoms with Crippen LogP contribution < -0.4 is 0 Å². The van der Waals surface area contributed by atoms with Crippen LogP contribution in [-0.4, -0.2) is 10.8 Å².